The van der Waals surface area contributed by atoms with Crippen LogP contribution in [0.1, 0.15) is 57.6 Å². The van der Waals surface area contributed by atoms with Crippen LogP contribution in [0.4, 0.5) is 0 Å². The molecule has 1 unspecified atom stereocenters. The number of para-hydroxylation sites is 1. The average molecular weight is 357 g/mol. The van der Waals surface area contributed by atoms with Gasteiger partial charge in [0.2, 0.25) is 0 Å². The van der Waals surface area contributed by atoms with E-state index in [1.165, 1.54) is 7.11 Å². The van der Waals surface area contributed by atoms with E-state index in [2.05, 4.69) is 9.82 Å². The number of nitrogens with one attached hydrogen (secondary N) is 1. The molecule has 24 heavy (non-hydrogen) atoms. The van der Waals surface area contributed by atoms with E-state index in [9.17, 15) is 9.36 Å². The van der Waals surface area contributed by atoms with Crippen LogP contribution in [0.25, 0.3) is 0 Å². The smallest absolute Gasteiger partial charge is 0.459 e. The summed E-state index contributed by atoms with van der Waals surface area (Å²) in [7, 11) is -2.43. The average Bonchev–Trinajstić information content (AvgIpc) is 2.52. The van der Waals surface area contributed by atoms with Gasteiger partial charge in [0.15, 0.2) is 0 Å². The first kappa shape index (κ1) is 20.7. The second-order valence-corrected chi connectivity index (χ2v) is 7.74. The summed E-state index contributed by atoms with van der Waals surface area (Å²) >= 11 is 0. The van der Waals surface area contributed by atoms with E-state index < -0.39 is 13.7 Å². The number of rotatable bonds is 9. The highest BCUT2D eigenvalue weighted by molar-refractivity contribution is 7.52. The molecule has 0 aliphatic carbocycles. The largest absolute Gasteiger partial charge is 0.468 e. The monoisotopic (exact) mass is 357 g/mol. The van der Waals surface area contributed by atoms with Gasteiger partial charge in [-0.05, 0) is 29.9 Å². The number of hydrogen-bond donors (Lipinski definition) is 1. The lowest BCUT2D eigenvalue weighted by Crippen LogP contribution is -2.25. The van der Waals surface area contributed by atoms with Gasteiger partial charge in [-0.15, -0.1) is 0 Å². The highest BCUT2D eigenvalue weighted by Gasteiger charge is 2.30. The predicted octanol–water partition coefficient (Wildman–Crippen LogP) is 4.22. The van der Waals surface area contributed by atoms with Crippen molar-refractivity contribution in [2.75, 3.05) is 20.3 Å². The molecule has 7 heteroatoms. The summed E-state index contributed by atoms with van der Waals surface area (Å²) in [5.41, 5.74) is 1.89. The van der Waals surface area contributed by atoms with Crippen molar-refractivity contribution in [3.8, 4) is 5.75 Å². The SMILES string of the molecule is CCOP(=O)(NCC(=O)OC)Oc1c(C(C)C)cccc1C(C)C. The number of carbonyl (C=O) groups is 1. The van der Waals surface area contributed by atoms with Gasteiger partial charge in [-0.2, -0.15) is 0 Å². The highest BCUT2D eigenvalue weighted by atomic mass is 31.2. The van der Waals surface area contributed by atoms with Crippen molar-refractivity contribution < 1.29 is 23.1 Å². The van der Waals surface area contributed by atoms with Crippen LogP contribution in [0, 0.1) is 0 Å². The summed E-state index contributed by atoms with van der Waals surface area (Å²) in [5.74, 6) is 0.389. The number of esters is 1. The van der Waals surface area contributed by atoms with E-state index in [4.69, 9.17) is 9.05 Å². The van der Waals surface area contributed by atoms with Gasteiger partial charge >= 0.3 is 13.7 Å². The van der Waals surface area contributed by atoms with Crippen LogP contribution in [0.5, 0.6) is 5.75 Å². The molecule has 6 nitrogen and oxygen atoms in total. The van der Waals surface area contributed by atoms with E-state index in [0.29, 0.717) is 5.75 Å². The van der Waals surface area contributed by atoms with E-state index in [-0.39, 0.29) is 25.0 Å². The van der Waals surface area contributed by atoms with Crippen molar-refractivity contribution >= 4 is 13.7 Å². The fourth-order valence-electron chi connectivity index (χ4n) is 2.22. The highest BCUT2D eigenvalue weighted by Crippen LogP contribution is 2.48. The molecule has 0 saturated heterocycles. The molecule has 1 aromatic carbocycles. The Morgan fingerprint density at radius 3 is 2.12 bits per heavy atom. The van der Waals surface area contributed by atoms with Crippen LogP contribution < -0.4 is 9.61 Å². The molecule has 0 saturated carbocycles. The second-order valence-electron chi connectivity index (χ2n) is 5.99. The topological polar surface area (TPSA) is 73.9 Å². The molecule has 136 valence electrons. The van der Waals surface area contributed by atoms with Crippen LogP contribution in [0.3, 0.4) is 0 Å². The van der Waals surface area contributed by atoms with Crippen molar-refractivity contribution in [3.63, 3.8) is 0 Å². The van der Waals surface area contributed by atoms with Gasteiger partial charge in [0.05, 0.1) is 13.7 Å². The molecule has 1 rings (SSSR count). The van der Waals surface area contributed by atoms with Crippen LogP contribution in [-0.4, -0.2) is 26.2 Å². The van der Waals surface area contributed by atoms with Gasteiger partial charge in [-0.3, -0.25) is 9.32 Å². The fraction of sp³-hybridized carbons (Fsp3) is 0.588. The maximum Gasteiger partial charge on any atom is 0.459 e. The van der Waals surface area contributed by atoms with Gasteiger partial charge in [0, 0.05) is 0 Å². The van der Waals surface area contributed by atoms with E-state index in [0.717, 1.165) is 11.1 Å². The lowest BCUT2D eigenvalue weighted by Gasteiger charge is -2.24. The zero-order chi connectivity index (χ0) is 18.3. The maximum atomic E-state index is 13.0. The first-order chi connectivity index (χ1) is 11.2. The van der Waals surface area contributed by atoms with Crippen LogP contribution in [-0.2, 0) is 18.6 Å². The second kappa shape index (κ2) is 9.21. The first-order valence-electron chi connectivity index (χ1n) is 8.13. The number of benzene rings is 1. The first-order valence-corrected chi connectivity index (χ1v) is 9.67. The third kappa shape index (κ3) is 5.62. The summed E-state index contributed by atoms with van der Waals surface area (Å²) in [6.07, 6.45) is 0. The number of methoxy groups -OCH3 is 1. The van der Waals surface area contributed by atoms with Gasteiger partial charge in [0.1, 0.15) is 12.3 Å². The third-order valence-electron chi connectivity index (χ3n) is 3.48. The molecule has 0 bridgehead atoms. The quantitative estimate of drug-likeness (QED) is 0.527. The standard InChI is InChI=1S/C17H28NO5P/c1-7-22-24(20,18-11-16(19)21-6)23-17-14(12(2)3)9-8-10-15(17)13(4)5/h8-10,12-13H,7,11H2,1-6H3,(H,18,20). The maximum absolute atomic E-state index is 13.0. The molecule has 1 atom stereocenters. The zero-order valence-electron chi connectivity index (χ0n) is 15.3. The molecule has 1 aromatic rings. The Kier molecular flexibility index (Phi) is 7.94. The van der Waals surface area contributed by atoms with E-state index in [1.807, 2.05) is 45.9 Å². The molecule has 0 aromatic heterocycles. The molecular formula is C17H28NO5P. The summed E-state index contributed by atoms with van der Waals surface area (Å²) < 4.78 is 28.7. The van der Waals surface area contributed by atoms with Gasteiger partial charge in [-0.25, -0.2) is 9.65 Å². The van der Waals surface area contributed by atoms with Crippen molar-refractivity contribution in [1.29, 1.82) is 0 Å². The van der Waals surface area contributed by atoms with Crippen molar-refractivity contribution in [3.05, 3.63) is 29.3 Å². The van der Waals surface area contributed by atoms with Crippen LogP contribution >= 0.6 is 7.75 Å². The molecule has 1 N–H and O–H groups in total. The molecule has 0 amide bonds. The van der Waals surface area contributed by atoms with Crippen LogP contribution in [0.2, 0.25) is 0 Å². The van der Waals surface area contributed by atoms with Gasteiger partial charge < -0.3 is 9.26 Å². The number of carbonyl (C=O) groups excluding carboxylic acids is 1. The fourth-order valence-corrected chi connectivity index (χ4v) is 3.54. The minimum atomic E-state index is -3.69. The lowest BCUT2D eigenvalue weighted by molar-refractivity contribution is -0.139. The number of hydrogen-bond acceptors (Lipinski definition) is 5. The molecule has 0 heterocycles. The Morgan fingerprint density at radius 1 is 1.17 bits per heavy atom. The van der Waals surface area contributed by atoms with E-state index >= 15 is 0 Å². The van der Waals surface area contributed by atoms with E-state index in [1.54, 1.807) is 6.92 Å². The zero-order valence-corrected chi connectivity index (χ0v) is 16.2. The predicted molar refractivity (Wildman–Crippen MR) is 94.5 cm³/mol. The third-order valence-corrected chi connectivity index (χ3v) is 5.04. The lowest BCUT2D eigenvalue weighted by atomic mass is 9.94. The molecule has 0 radical (unpaired) electrons. The Hall–Kier alpha value is -1.36. The Labute approximate surface area is 144 Å². The van der Waals surface area contributed by atoms with Crippen molar-refractivity contribution in [2.24, 2.45) is 0 Å². The normalized spacial score (nSPS) is 13.8. The summed E-state index contributed by atoms with van der Waals surface area (Å²) in [4.78, 5) is 11.3. The van der Waals surface area contributed by atoms with Gasteiger partial charge in [0.25, 0.3) is 0 Å². The number of ether oxygens (including phenoxy) is 1. The minimum absolute atomic E-state index is 0.187. The summed E-state index contributed by atoms with van der Waals surface area (Å²) in [5, 5.41) is 2.57. The molecule has 0 aliphatic heterocycles. The Balaban J connectivity index is 3.21. The molecule has 0 fully saturated rings. The Morgan fingerprint density at radius 2 is 1.71 bits per heavy atom. The molecule has 0 spiro atoms. The summed E-state index contributed by atoms with van der Waals surface area (Å²) in [6, 6.07) is 5.86. The van der Waals surface area contributed by atoms with Crippen molar-refractivity contribution in [1.82, 2.24) is 5.09 Å². The Bertz CT molecular complexity index is 574. The van der Waals surface area contributed by atoms with Crippen molar-refractivity contribution in [2.45, 2.75) is 46.5 Å². The summed E-state index contributed by atoms with van der Waals surface area (Å²) in [6.45, 7) is 9.81. The van der Waals surface area contributed by atoms with Gasteiger partial charge in [-0.1, -0.05) is 45.9 Å². The molecular weight excluding hydrogens is 329 g/mol. The minimum Gasteiger partial charge on any atom is -0.468 e. The van der Waals surface area contributed by atoms with Crippen LogP contribution in [0.15, 0.2) is 18.2 Å². The molecule has 0 aliphatic rings.